The number of rotatable bonds is 4. The van der Waals surface area contributed by atoms with Crippen LogP contribution < -0.4 is 5.32 Å². The first-order valence-electron chi connectivity index (χ1n) is 6.68. The van der Waals surface area contributed by atoms with E-state index in [0.29, 0.717) is 10.9 Å². The van der Waals surface area contributed by atoms with Crippen LogP contribution in [0.25, 0.3) is 0 Å². The van der Waals surface area contributed by atoms with Crippen LogP contribution in [0.1, 0.15) is 30.0 Å². The number of nitrogens with zero attached hydrogens (tertiary/aromatic N) is 2. The smallest absolute Gasteiger partial charge is 0.230 e. The molecule has 3 rings (SSSR count). The van der Waals surface area contributed by atoms with Crippen LogP contribution in [0.2, 0.25) is 0 Å². The van der Waals surface area contributed by atoms with Crippen LogP contribution >= 0.6 is 11.8 Å². The van der Waals surface area contributed by atoms with Gasteiger partial charge in [0.1, 0.15) is 6.33 Å². The molecule has 5 nitrogen and oxygen atoms in total. The number of carbonyl (C=O) groups is 1. The van der Waals surface area contributed by atoms with Gasteiger partial charge in [-0.25, -0.2) is 4.98 Å². The first-order valence-corrected chi connectivity index (χ1v) is 7.67. The summed E-state index contributed by atoms with van der Waals surface area (Å²) in [4.78, 5) is 16.0. The summed E-state index contributed by atoms with van der Waals surface area (Å²) in [6, 6.07) is 8.50. The molecule has 0 aliphatic heterocycles. The molecule has 1 atom stereocenters. The second-order valence-corrected chi connectivity index (χ2v) is 5.75. The van der Waals surface area contributed by atoms with Crippen molar-refractivity contribution in [3.05, 3.63) is 41.7 Å². The number of hydrogen-bond donors (Lipinski definition) is 2. The van der Waals surface area contributed by atoms with Crippen molar-refractivity contribution in [2.75, 3.05) is 5.75 Å². The van der Waals surface area contributed by atoms with Gasteiger partial charge in [-0.3, -0.25) is 9.89 Å². The lowest BCUT2D eigenvalue weighted by Gasteiger charge is -2.26. The quantitative estimate of drug-likeness (QED) is 0.845. The molecule has 1 aromatic carbocycles. The molecule has 0 bridgehead atoms. The fourth-order valence-electron chi connectivity index (χ4n) is 2.54. The van der Waals surface area contributed by atoms with Gasteiger partial charge >= 0.3 is 0 Å². The van der Waals surface area contributed by atoms with Crippen LogP contribution in [-0.2, 0) is 11.2 Å². The van der Waals surface area contributed by atoms with Gasteiger partial charge in [0.25, 0.3) is 0 Å². The minimum Gasteiger partial charge on any atom is -0.349 e. The minimum absolute atomic E-state index is 0.0353. The lowest BCUT2D eigenvalue weighted by atomic mass is 9.88. The number of benzene rings is 1. The van der Waals surface area contributed by atoms with Crippen molar-refractivity contribution in [1.29, 1.82) is 0 Å². The lowest BCUT2D eigenvalue weighted by Crippen LogP contribution is -2.32. The first-order chi connectivity index (χ1) is 9.83. The maximum atomic E-state index is 12.0. The number of aromatic nitrogens is 3. The first kappa shape index (κ1) is 13.2. The molecule has 1 aliphatic carbocycles. The van der Waals surface area contributed by atoms with Gasteiger partial charge in [-0.1, -0.05) is 36.0 Å². The minimum atomic E-state index is 0.0353. The second kappa shape index (κ2) is 6.09. The van der Waals surface area contributed by atoms with Crippen LogP contribution in [0.15, 0.2) is 35.7 Å². The van der Waals surface area contributed by atoms with Crippen molar-refractivity contribution in [3.8, 4) is 0 Å². The van der Waals surface area contributed by atoms with E-state index >= 15 is 0 Å². The Morgan fingerprint density at radius 3 is 3.20 bits per heavy atom. The summed E-state index contributed by atoms with van der Waals surface area (Å²) in [7, 11) is 0. The van der Waals surface area contributed by atoms with Crippen LogP contribution in [0.5, 0.6) is 0 Å². The third-order valence-electron chi connectivity index (χ3n) is 3.44. The maximum Gasteiger partial charge on any atom is 0.230 e. The summed E-state index contributed by atoms with van der Waals surface area (Å²) in [6.45, 7) is 0. The zero-order valence-electron chi connectivity index (χ0n) is 11.0. The second-order valence-electron chi connectivity index (χ2n) is 4.79. The average molecular weight is 288 g/mol. The Labute approximate surface area is 121 Å². The highest BCUT2D eigenvalue weighted by atomic mass is 32.2. The Bertz CT molecular complexity index is 585. The Balaban J connectivity index is 1.59. The summed E-state index contributed by atoms with van der Waals surface area (Å²) in [5, 5.41) is 10.3. The average Bonchev–Trinajstić information content (AvgIpc) is 2.99. The highest BCUT2D eigenvalue weighted by Gasteiger charge is 2.21. The van der Waals surface area contributed by atoms with Crippen LogP contribution in [0.3, 0.4) is 0 Å². The van der Waals surface area contributed by atoms with E-state index in [0.717, 1.165) is 19.3 Å². The van der Waals surface area contributed by atoms with Gasteiger partial charge in [0.05, 0.1) is 11.8 Å². The third kappa shape index (κ3) is 3.01. The molecular weight excluding hydrogens is 272 g/mol. The zero-order valence-corrected chi connectivity index (χ0v) is 11.8. The van der Waals surface area contributed by atoms with Crippen molar-refractivity contribution in [2.45, 2.75) is 30.5 Å². The number of aryl methyl sites for hydroxylation is 1. The van der Waals surface area contributed by atoms with Crippen LogP contribution in [-0.4, -0.2) is 26.8 Å². The molecule has 2 N–H and O–H groups in total. The predicted octanol–water partition coefficient (Wildman–Crippen LogP) is 2.09. The SMILES string of the molecule is O=C(CSc1ncn[nH]1)N[C@@H]1CCCc2ccccc21. The van der Waals surface area contributed by atoms with Gasteiger partial charge < -0.3 is 5.32 Å². The van der Waals surface area contributed by atoms with Crippen molar-refractivity contribution >= 4 is 17.7 Å². The van der Waals surface area contributed by atoms with E-state index in [1.54, 1.807) is 0 Å². The molecule has 1 aliphatic rings. The van der Waals surface area contributed by atoms with E-state index in [-0.39, 0.29) is 11.9 Å². The van der Waals surface area contributed by atoms with Gasteiger partial charge in [0.2, 0.25) is 5.91 Å². The number of amides is 1. The van der Waals surface area contributed by atoms with Gasteiger partial charge in [-0.2, -0.15) is 5.10 Å². The zero-order chi connectivity index (χ0) is 13.8. The van der Waals surface area contributed by atoms with Crippen molar-refractivity contribution < 1.29 is 4.79 Å². The molecule has 0 fully saturated rings. The van der Waals surface area contributed by atoms with Gasteiger partial charge in [-0.05, 0) is 30.4 Å². The van der Waals surface area contributed by atoms with Crippen LogP contribution in [0, 0.1) is 0 Å². The van der Waals surface area contributed by atoms with E-state index in [2.05, 4.69) is 38.7 Å². The molecule has 0 unspecified atom stereocenters. The fraction of sp³-hybridized carbons (Fsp3) is 0.357. The summed E-state index contributed by atoms with van der Waals surface area (Å²) in [5.74, 6) is 0.390. The molecular formula is C14H16N4OS. The van der Waals surface area contributed by atoms with E-state index in [4.69, 9.17) is 0 Å². The summed E-state index contributed by atoms with van der Waals surface area (Å²) in [6.07, 6.45) is 4.68. The maximum absolute atomic E-state index is 12.0. The third-order valence-corrected chi connectivity index (χ3v) is 4.31. The monoisotopic (exact) mass is 288 g/mol. The number of carbonyl (C=O) groups excluding carboxylic acids is 1. The van der Waals surface area contributed by atoms with Crippen molar-refractivity contribution in [2.24, 2.45) is 0 Å². The molecule has 0 spiro atoms. The normalized spacial score (nSPS) is 17.5. The number of thioether (sulfide) groups is 1. The summed E-state index contributed by atoms with van der Waals surface area (Å²) >= 11 is 1.36. The lowest BCUT2D eigenvalue weighted by molar-refractivity contribution is -0.119. The molecule has 0 saturated heterocycles. The van der Waals surface area contributed by atoms with E-state index < -0.39 is 0 Å². The highest BCUT2D eigenvalue weighted by Crippen LogP contribution is 2.29. The number of H-pyrrole nitrogens is 1. The number of nitrogens with one attached hydrogen (secondary N) is 2. The molecule has 1 heterocycles. The Morgan fingerprint density at radius 2 is 2.35 bits per heavy atom. The molecule has 20 heavy (non-hydrogen) atoms. The molecule has 104 valence electrons. The summed E-state index contributed by atoms with van der Waals surface area (Å²) < 4.78 is 0. The Kier molecular flexibility index (Phi) is 4.01. The topological polar surface area (TPSA) is 70.7 Å². The van der Waals surface area contributed by atoms with Gasteiger partial charge in [0.15, 0.2) is 5.16 Å². The molecule has 6 heteroatoms. The Morgan fingerprint density at radius 1 is 1.45 bits per heavy atom. The van der Waals surface area contributed by atoms with Gasteiger partial charge in [-0.15, -0.1) is 0 Å². The molecule has 0 radical (unpaired) electrons. The van der Waals surface area contributed by atoms with E-state index in [1.165, 1.54) is 29.2 Å². The van der Waals surface area contributed by atoms with E-state index in [9.17, 15) is 4.79 Å². The summed E-state index contributed by atoms with van der Waals surface area (Å²) in [5.41, 5.74) is 2.61. The highest BCUT2D eigenvalue weighted by molar-refractivity contribution is 7.99. The largest absolute Gasteiger partial charge is 0.349 e. The molecule has 1 amide bonds. The van der Waals surface area contributed by atoms with E-state index in [1.807, 2.05) is 6.07 Å². The van der Waals surface area contributed by atoms with Crippen molar-refractivity contribution in [1.82, 2.24) is 20.5 Å². The molecule has 1 aromatic heterocycles. The van der Waals surface area contributed by atoms with Crippen LogP contribution in [0.4, 0.5) is 0 Å². The number of aromatic amines is 1. The number of hydrogen-bond acceptors (Lipinski definition) is 4. The molecule has 0 saturated carbocycles. The standard InChI is InChI=1S/C14H16N4OS/c19-13(8-20-14-15-9-16-18-14)17-12-7-3-5-10-4-1-2-6-11(10)12/h1-2,4,6,9,12H,3,5,7-8H2,(H,17,19)(H,15,16,18)/t12-/m1/s1. The van der Waals surface area contributed by atoms with Gasteiger partial charge in [0, 0.05) is 0 Å². The predicted molar refractivity (Wildman–Crippen MR) is 77.4 cm³/mol. The molecule has 2 aromatic rings. The Hall–Kier alpha value is -1.82. The fourth-order valence-corrected chi connectivity index (χ4v) is 3.13. The number of fused-ring (bicyclic) bond motifs is 1. The van der Waals surface area contributed by atoms with Crippen molar-refractivity contribution in [3.63, 3.8) is 0 Å².